The molecule has 0 bridgehead atoms. The lowest BCUT2D eigenvalue weighted by atomic mass is 10.1. The minimum atomic E-state index is -0.378. The van der Waals surface area contributed by atoms with Gasteiger partial charge in [0.1, 0.15) is 0 Å². The molecule has 1 aromatic rings. The van der Waals surface area contributed by atoms with Gasteiger partial charge in [-0.15, -0.1) is 0 Å². The number of nitrogens with two attached hydrogens (primary N) is 1. The Balaban J connectivity index is 2.80. The SMILES string of the molecule is COc1cccc(CNC(C)C)c1OCCC(N)=O. The summed E-state index contributed by atoms with van der Waals surface area (Å²) in [6.07, 6.45) is 0.190. The van der Waals surface area contributed by atoms with Gasteiger partial charge >= 0.3 is 0 Å². The largest absolute Gasteiger partial charge is 0.493 e. The van der Waals surface area contributed by atoms with E-state index >= 15 is 0 Å². The summed E-state index contributed by atoms with van der Waals surface area (Å²) in [7, 11) is 1.59. The molecule has 0 aliphatic heterocycles. The number of ether oxygens (including phenoxy) is 2. The first-order valence-corrected chi connectivity index (χ1v) is 6.35. The number of primary amides is 1. The molecule has 5 nitrogen and oxygen atoms in total. The maximum Gasteiger partial charge on any atom is 0.220 e. The van der Waals surface area contributed by atoms with Crippen LogP contribution in [0.3, 0.4) is 0 Å². The Labute approximate surface area is 114 Å². The first-order chi connectivity index (χ1) is 9.04. The summed E-state index contributed by atoms with van der Waals surface area (Å²) < 4.78 is 10.9. The molecule has 106 valence electrons. The van der Waals surface area contributed by atoms with E-state index in [1.807, 2.05) is 18.2 Å². The first kappa shape index (κ1) is 15.3. The van der Waals surface area contributed by atoms with E-state index in [9.17, 15) is 4.79 Å². The van der Waals surface area contributed by atoms with Crippen molar-refractivity contribution in [1.29, 1.82) is 0 Å². The van der Waals surface area contributed by atoms with E-state index in [1.54, 1.807) is 7.11 Å². The van der Waals surface area contributed by atoms with Crippen molar-refractivity contribution in [1.82, 2.24) is 5.32 Å². The molecule has 3 N–H and O–H groups in total. The molecule has 0 aliphatic rings. The third-order valence-electron chi connectivity index (χ3n) is 2.58. The molecule has 0 spiro atoms. The van der Waals surface area contributed by atoms with Crippen LogP contribution in [0.15, 0.2) is 18.2 Å². The second kappa shape index (κ2) is 7.63. The van der Waals surface area contributed by atoms with Gasteiger partial charge in [0.15, 0.2) is 11.5 Å². The van der Waals surface area contributed by atoms with Crippen LogP contribution in [0.1, 0.15) is 25.8 Å². The van der Waals surface area contributed by atoms with Crippen molar-refractivity contribution >= 4 is 5.91 Å². The van der Waals surface area contributed by atoms with Gasteiger partial charge in [-0.2, -0.15) is 0 Å². The zero-order chi connectivity index (χ0) is 14.3. The molecule has 1 rings (SSSR count). The zero-order valence-electron chi connectivity index (χ0n) is 11.7. The van der Waals surface area contributed by atoms with Crippen molar-refractivity contribution in [3.8, 4) is 11.5 Å². The molecule has 1 aromatic carbocycles. The van der Waals surface area contributed by atoms with Crippen molar-refractivity contribution < 1.29 is 14.3 Å². The van der Waals surface area contributed by atoms with Crippen LogP contribution >= 0.6 is 0 Å². The predicted molar refractivity (Wildman–Crippen MR) is 74.3 cm³/mol. The Bertz CT molecular complexity index is 419. The van der Waals surface area contributed by atoms with Gasteiger partial charge in [-0.1, -0.05) is 26.0 Å². The second-order valence-corrected chi connectivity index (χ2v) is 4.55. The summed E-state index contributed by atoms with van der Waals surface area (Å²) in [5, 5.41) is 3.33. The van der Waals surface area contributed by atoms with Crippen molar-refractivity contribution in [3.05, 3.63) is 23.8 Å². The molecule has 5 heteroatoms. The zero-order valence-corrected chi connectivity index (χ0v) is 11.7. The maximum absolute atomic E-state index is 10.7. The van der Waals surface area contributed by atoms with E-state index in [4.69, 9.17) is 15.2 Å². The number of benzene rings is 1. The lowest BCUT2D eigenvalue weighted by Crippen LogP contribution is -2.22. The number of rotatable bonds is 8. The maximum atomic E-state index is 10.7. The van der Waals surface area contributed by atoms with Gasteiger partial charge in [0.25, 0.3) is 0 Å². The van der Waals surface area contributed by atoms with Gasteiger partial charge in [-0.3, -0.25) is 4.79 Å². The lowest BCUT2D eigenvalue weighted by molar-refractivity contribution is -0.118. The minimum Gasteiger partial charge on any atom is -0.493 e. The number of carbonyl (C=O) groups excluding carboxylic acids is 1. The summed E-state index contributed by atoms with van der Waals surface area (Å²) in [5.41, 5.74) is 6.10. The molecular weight excluding hydrogens is 244 g/mol. The number of para-hydroxylation sites is 1. The van der Waals surface area contributed by atoms with Crippen LogP contribution in [0.5, 0.6) is 11.5 Å². The number of methoxy groups -OCH3 is 1. The van der Waals surface area contributed by atoms with Crippen molar-refractivity contribution in [3.63, 3.8) is 0 Å². The summed E-state index contributed by atoms with van der Waals surface area (Å²) in [6.45, 7) is 5.09. The Kier molecular flexibility index (Phi) is 6.15. The Hall–Kier alpha value is -1.75. The van der Waals surface area contributed by atoms with Crippen molar-refractivity contribution in [2.75, 3.05) is 13.7 Å². The quantitative estimate of drug-likeness (QED) is 0.747. The highest BCUT2D eigenvalue weighted by Gasteiger charge is 2.11. The second-order valence-electron chi connectivity index (χ2n) is 4.55. The van der Waals surface area contributed by atoms with Crippen LogP contribution < -0.4 is 20.5 Å². The number of amides is 1. The van der Waals surface area contributed by atoms with Crippen LogP contribution in [0.25, 0.3) is 0 Å². The molecule has 0 heterocycles. The highest BCUT2D eigenvalue weighted by Crippen LogP contribution is 2.31. The smallest absolute Gasteiger partial charge is 0.220 e. The van der Waals surface area contributed by atoms with Gasteiger partial charge in [0.2, 0.25) is 5.91 Å². The van der Waals surface area contributed by atoms with Crippen LogP contribution in [-0.2, 0) is 11.3 Å². The Morgan fingerprint density at radius 3 is 2.74 bits per heavy atom. The molecule has 0 atom stereocenters. The van der Waals surface area contributed by atoms with Crippen molar-refractivity contribution in [2.24, 2.45) is 5.73 Å². The van der Waals surface area contributed by atoms with Crippen LogP contribution in [0.2, 0.25) is 0 Å². The molecule has 0 fully saturated rings. The molecule has 0 saturated carbocycles. The summed E-state index contributed by atoms with van der Waals surface area (Å²) in [5.74, 6) is 0.948. The molecule has 0 saturated heterocycles. The van der Waals surface area contributed by atoms with E-state index in [0.29, 0.717) is 24.1 Å². The van der Waals surface area contributed by atoms with Crippen molar-refractivity contribution in [2.45, 2.75) is 32.9 Å². The average molecular weight is 266 g/mol. The normalized spacial score (nSPS) is 10.5. The highest BCUT2D eigenvalue weighted by molar-refractivity contribution is 5.73. The van der Waals surface area contributed by atoms with Crippen LogP contribution in [0, 0.1) is 0 Å². The number of nitrogens with one attached hydrogen (secondary N) is 1. The van der Waals surface area contributed by atoms with E-state index < -0.39 is 0 Å². The van der Waals surface area contributed by atoms with Gasteiger partial charge in [0, 0.05) is 18.2 Å². The third kappa shape index (κ3) is 5.18. The standard InChI is InChI=1S/C14H22N2O3/c1-10(2)16-9-11-5-4-6-12(18-3)14(11)19-8-7-13(15)17/h4-6,10,16H,7-9H2,1-3H3,(H2,15,17). The van der Waals surface area contributed by atoms with Gasteiger partial charge in [-0.25, -0.2) is 0 Å². The Morgan fingerprint density at radius 2 is 2.16 bits per heavy atom. The Morgan fingerprint density at radius 1 is 1.42 bits per heavy atom. The minimum absolute atomic E-state index is 0.190. The van der Waals surface area contributed by atoms with E-state index in [1.165, 1.54) is 0 Å². The molecule has 0 radical (unpaired) electrons. The van der Waals surface area contributed by atoms with Gasteiger partial charge < -0.3 is 20.5 Å². The predicted octanol–water partition coefficient (Wildman–Crippen LogP) is 1.45. The number of hydrogen-bond acceptors (Lipinski definition) is 4. The van der Waals surface area contributed by atoms with Crippen LogP contribution in [0.4, 0.5) is 0 Å². The molecule has 1 amide bonds. The topological polar surface area (TPSA) is 73.6 Å². The molecule has 0 aliphatic carbocycles. The third-order valence-corrected chi connectivity index (χ3v) is 2.58. The molecule has 19 heavy (non-hydrogen) atoms. The van der Waals surface area contributed by atoms with Gasteiger partial charge in [-0.05, 0) is 6.07 Å². The first-order valence-electron chi connectivity index (χ1n) is 6.35. The summed E-state index contributed by atoms with van der Waals surface area (Å²) in [4.78, 5) is 10.7. The number of hydrogen-bond donors (Lipinski definition) is 2. The van der Waals surface area contributed by atoms with Gasteiger partial charge in [0.05, 0.1) is 20.1 Å². The van der Waals surface area contributed by atoms with E-state index in [2.05, 4.69) is 19.2 Å². The molecule has 0 unspecified atom stereocenters. The monoisotopic (exact) mass is 266 g/mol. The van der Waals surface area contributed by atoms with E-state index in [0.717, 1.165) is 5.56 Å². The van der Waals surface area contributed by atoms with E-state index in [-0.39, 0.29) is 18.9 Å². The van der Waals surface area contributed by atoms with Crippen LogP contribution in [-0.4, -0.2) is 25.7 Å². The fourth-order valence-electron chi connectivity index (χ4n) is 1.59. The lowest BCUT2D eigenvalue weighted by Gasteiger charge is -2.16. The average Bonchev–Trinajstić information content (AvgIpc) is 2.36. The highest BCUT2D eigenvalue weighted by atomic mass is 16.5. The number of carbonyl (C=O) groups is 1. The fourth-order valence-corrected chi connectivity index (χ4v) is 1.59. The molecular formula is C14H22N2O3. The summed E-state index contributed by atoms with van der Waals surface area (Å²) >= 11 is 0. The summed E-state index contributed by atoms with van der Waals surface area (Å²) in [6, 6.07) is 6.09. The fraction of sp³-hybridized carbons (Fsp3) is 0.500. The molecule has 0 aromatic heterocycles.